The van der Waals surface area contributed by atoms with Crippen LogP contribution in [0, 0.1) is 6.92 Å². The lowest BCUT2D eigenvalue weighted by Gasteiger charge is -2.04. The van der Waals surface area contributed by atoms with Crippen molar-refractivity contribution in [3.8, 4) is 0 Å². The van der Waals surface area contributed by atoms with Crippen LogP contribution in [0.15, 0.2) is 12.3 Å². The first kappa shape index (κ1) is 10.5. The zero-order valence-corrected chi connectivity index (χ0v) is 10.5. The summed E-state index contributed by atoms with van der Waals surface area (Å²) < 4.78 is 0. The first-order valence-corrected chi connectivity index (χ1v) is 6.52. The van der Waals surface area contributed by atoms with E-state index in [0.717, 1.165) is 28.6 Å². The first-order chi connectivity index (χ1) is 8.22. The molecule has 0 saturated carbocycles. The molecule has 0 bridgehead atoms. The normalized spacial score (nSPS) is 13.7. The zero-order chi connectivity index (χ0) is 11.8. The number of nitrogens with one attached hydrogen (secondary N) is 1. The number of rotatable bonds is 2. The summed E-state index contributed by atoms with van der Waals surface area (Å²) in [5, 5.41) is 4.18. The average molecular weight is 246 g/mol. The van der Waals surface area contributed by atoms with E-state index in [9.17, 15) is 0 Å². The minimum absolute atomic E-state index is 0.720. The van der Waals surface area contributed by atoms with Crippen LogP contribution in [0.1, 0.15) is 22.6 Å². The van der Waals surface area contributed by atoms with Gasteiger partial charge in [0, 0.05) is 4.88 Å². The Bertz CT molecular complexity index is 540. The van der Waals surface area contributed by atoms with Gasteiger partial charge in [0.1, 0.15) is 5.82 Å². The SMILES string of the molecule is Cc1cc(Nc2nc3c(s2)CCC3)ncc1N. The van der Waals surface area contributed by atoms with Crippen molar-refractivity contribution in [1.29, 1.82) is 0 Å². The van der Waals surface area contributed by atoms with Gasteiger partial charge >= 0.3 is 0 Å². The molecule has 0 amide bonds. The molecule has 17 heavy (non-hydrogen) atoms. The quantitative estimate of drug-likeness (QED) is 0.855. The molecule has 0 unspecified atom stereocenters. The van der Waals surface area contributed by atoms with E-state index in [1.54, 1.807) is 17.5 Å². The van der Waals surface area contributed by atoms with Crippen molar-refractivity contribution in [3.05, 3.63) is 28.4 Å². The van der Waals surface area contributed by atoms with Crippen molar-refractivity contribution in [2.45, 2.75) is 26.2 Å². The fraction of sp³-hybridized carbons (Fsp3) is 0.333. The monoisotopic (exact) mass is 246 g/mol. The number of nitrogen functional groups attached to an aromatic ring is 1. The lowest BCUT2D eigenvalue weighted by Crippen LogP contribution is -1.97. The summed E-state index contributed by atoms with van der Waals surface area (Å²) in [4.78, 5) is 10.2. The Morgan fingerprint density at radius 2 is 2.29 bits per heavy atom. The second-order valence-electron chi connectivity index (χ2n) is 4.29. The molecule has 4 nitrogen and oxygen atoms in total. The van der Waals surface area contributed by atoms with Crippen LogP contribution in [0.4, 0.5) is 16.6 Å². The van der Waals surface area contributed by atoms with Gasteiger partial charge in [-0.2, -0.15) is 0 Å². The standard InChI is InChI=1S/C12H14N4S/c1-7-5-11(14-6-8(7)13)16-12-15-9-3-2-4-10(9)17-12/h5-6H,2-4,13H2,1H3,(H,14,15,16). The maximum Gasteiger partial charge on any atom is 0.188 e. The summed E-state index contributed by atoms with van der Waals surface area (Å²) >= 11 is 1.73. The van der Waals surface area contributed by atoms with E-state index in [4.69, 9.17) is 5.73 Å². The predicted octanol–water partition coefficient (Wildman–Crippen LogP) is 2.66. The lowest BCUT2D eigenvalue weighted by molar-refractivity contribution is 0.900. The van der Waals surface area contributed by atoms with Gasteiger partial charge in [-0.15, -0.1) is 11.3 Å². The number of nitrogens with two attached hydrogens (primary N) is 1. The molecule has 5 heteroatoms. The summed E-state index contributed by atoms with van der Waals surface area (Å²) in [6, 6.07) is 1.95. The molecule has 0 saturated heterocycles. The summed E-state index contributed by atoms with van der Waals surface area (Å²) in [7, 11) is 0. The summed E-state index contributed by atoms with van der Waals surface area (Å²) in [5.74, 6) is 0.809. The molecule has 0 spiro atoms. The third-order valence-corrected chi connectivity index (χ3v) is 4.05. The molecule has 1 aliphatic carbocycles. The molecule has 0 atom stereocenters. The van der Waals surface area contributed by atoms with E-state index in [1.165, 1.54) is 23.4 Å². The molecule has 88 valence electrons. The van der Waals surface area contributed by atoms with Crippen LogP contribution in [0.5, 0.6) is 0 Å². The van der Waals surface area contributed by atoms with Crippen molar-refractivity contribution in [2.24, 2.45) is 0 Å². The van der Waals surface area contributed by atoms with Crippen LogP contribution >= 0.6 is 11.3 Å². The van der Waals surface area contributed by atoms with E-state index in [2.05, 4.69) is 15.3 Å². The molecule has 2 aromatic heterocycles. The van der Waals surface area contributed by atoms with Gasteiger partial charge in [-0.1, -0.05) is 0 Å². The molecule has 3 rings (SSSR count). The number of anilines is 3. The summed E-state index contributed by atoms with van der Waals surface area (Å²) in [6.07, 6.45) is 5.21. The van der Waals surface area contributed by atoms with Crippen LogP contribution in [0.25, 0.3) is 0 Å². The number of fused-ring (bicyclic) bond motifs is 1. The number of pyridine rings is 1. The molecular weight excluding hydrogens is 232 g/mol. The Morgan fingerprint density at radius 1 is 1.41 bits per heavy atom. The Kier molecular flexibility index (Phi) is 2.48. The van der Waals surface area contributed by atoms with E-state index in [1.807, 2.05) is 13.0 Å². The Balaban J connectivity index is 1.83. The molecule has 0 radical (unpaired) electrons. The number of nitrogens with zero attached hydrogens (tertiary/aromatic N) is 2. The Morgan fingerprint density at radius 3 is 3.06 bits per heavy atom. The van der Waals surface area contributed by atoms with Crippen LogP contribution in [-0.4, -0.2) is 9.97 Å². The molecule has 2 aromatic rings. The van der Waals surface area contributed by atoms with Gasteiger partial charge in [0.15, 0.2) is 5.13 Å². The van der Waals surface area contributed by atoms with Gasteiger partial charge in [-0.3, -0.25) is 0 Å². The molecule has 0 fully saturated rings. The number of aryl methyl sites for hydroxylation is 3. The third kappa shape index (κ3) is 1.98. The van der Waals surface area contributed by atoms with Crippen LogP contribution in [0.3, 0.4) is 0 Å². The number of thiazole rings is 1. The smallest absolute Gasteiger partial charge is 0.188 e. The fourth-order valence-corrected chi connectivity index (χ4v) is 3.05. The molecule has 3 N–H and O–H groups in total. The van der Waals surface area contributed by atoms with Gasteiger partial charge in [-0.25, -0.2) is 9.97 Å². The first-order valence-electron chi connectivity index (χ1n) is 5.70. The summed E-state index contributed by atoms with van der Waals surface area (Å²) in [6.45, 7) is 1.98. The maximum atomic E-state index is 5.74. The molecular formula is C12H14N4S. The molecule has 2 heterocycles. The highest BCUT2D eigenvalue weighted by molar-refractivity contribution is 7.15. The van der Waals surface area contributed by atoms with Crippen LogP contribution < -0.4 is 11.1 Å². The second kappa shape index (κ2) is 4.00. The minimum atomic E-state index is 0.720. The fourth-order valence-electron chi connectivity index (χ4n) is 1.99. The largest absolute Gasteiger partial charge is 0.397 e. The highest BCUT2D eigenvalue weighted by atomic mass is 32.1. The van der Waals surface area contributed by atoms with E-state index < -0.39 is 0 Å². The van der Waals surface area contributed by atoms with E-state index in [0.29, 0.717) is 0 Å². The molecule has 1 aliphatic rings. The van der Waals surface area contributed by atoms with Gasteiger partial charge in [0.25, 0.3) is 0 Å². The van der Waals surface area contributed by atoms with Crippen molar-refractivity contribution < 1.29 is 0 Å². The topological polar surface area (TPSA) is 63.8 Å². The maximum absolute atomic E-state index is 5.74. The van der Waals surface area contributed by atoms with Crippen molar-refractivity contribution in [3.63, 3.8) is 0 Å². The zero-order valence-electron chi connectivity index (χ0n) is 9.66. The molecule has 0 aromatic carbocycles. The lowest BCUT2D eigenvalue weighted by atomic mass is 10.2. The van der Waals surface area contributed by atoms with Gasteiger partial charge < -0.3 is 11.1 Å². The van der Waals surface area contributed by atoms with E-state index >= 15 is 0 Å². The number of hydrogen-bond donors (Lipinski definition) is 2. The third-order valence-electron chi connectivity index (χ3n) is 2.98. The van der Waals surface area contributed by atoms with Crippen molar-refractivity contribution in [2.75, 3.05) is 11.1 Å². The minimum Gasteiger partial charge on any atom is -0.397 e. The number of hydrogen-bond acceptors (Lipinski definition) is 5. The Hall–Kier alpha value is -1.62. The van der Waals surface area contributed by atoms with Crippen molar-refractivity contribution >= 4 is 28.0 Å². The van der Waals surface area contributed by atoms with E-state index in [-0.39, 0.29) is 0 Å². The highest BCUT2D eigenvalue weighted by Gasteiger charge is 2.16. The van der Waals surface area contributed by atoms with Gasteiger partial charge in [0.2, 0.25) is 0 Å². The summed E-state index contributed by atoms with van der Waals surface area (Å²) in [5.41, 5.74) is 8.75. The molecule has 0 aliphatic heterocycles. The average Bonchev–Trinajstić information content (AvgIpc) is 2.84. The second-order valence-corrected chi connectivity index (χ2v) is 5.38. The highest BCUT2D eigenvalue weighted by Crippen LogP contribution is 2.31. The van der Waals surface area contributed by atoms with Crippen LogP contribution in [0.2, 0.25) is 0 Å². The van der Waals surface area contributed by atoms with Crippen LogP contribution in [-0.2, 0) is 12.8 Å². The number of aromatic nitrogens is 2. The van der Waals surface area contributed by atoms with Gasteiger partial charge in [-0.05, 0) is 37.8 Å². The predicted molar refractivity (Wildman–Crippen MR) is 70.8 cm³/mol. The Labute approximate surface area is 104 Å². The van der Waals surface area contributed by atoms with Gasteiger partial charge in [0.05, 0.1) is 17.6 Å². The van der Waals surface area contributed by atoms with Crippen molar-refractivity contribution in [1.82, 2.24) is 9.97 Å².